The van der Waals surface area contributed by atoms with Crippen molar-refractivity contribution in [1.82, 2.24) is 0 Å². The topological polar surface area (TPSA) is 292 Å². The fourth-order valence-electron chi connectivity index (χ4n) is 5.97. The summed E-state index contributed by atoms with van der Waals surface area (Å²) < 4.78 is 107. The van der Waals surface area contributed by atoms with Gasteiger partial charge in [0.25, 0.3) is 0 Å². The van der Waals surface area contributed by atoms with Crippen LogP contribution in [0.5, 0.6) is 0 Å². The number of allylic oxidation sites excluding steroid dienone is 1. The number of azo groups is 2. The van der Waals surface area contributed by atoms with E-state index in [1.54, 1.807) is 24.3 Å². The molecule has 298 valence electrons. The molecule has 62 heavy (non-hydrogen) atoms. The number of ketones is 1. The summed E-state index contributed by atoms with van der Waals surface area (Å²) in [6.07, 6.45) is 2.45. The number of fused-ring (bicyclic) bond motifs is 3. The van der Waals surface area contributed by atoms with E-state index in [0.29, 0.717) is 16.8 Å². The summed E-state index contributed by atoms with van der Waals surface area (Å²) in [5.74, 6) is -0.828. The average Bonchev–Trinajstić information content (AvgIpc) is 3.18. The number of anilines is 2. The molecule has 0 saturated carbocycles. The summed E-state index contributed by atoms with van der Waals surface area (Å²) in [6.45, 7) is 1.37. The molecule has 0 atom stereocenters. The van der Waals surface area contributed by atoms with E-state index in [9.17, 15) is 48.5 Å². The zero-order chi connectivity index (χ0) is 42.3. The second-order valence-electron chi connectivity index (χ2n) is 12.7. The van der Waals surface area contributed by atoms with E-state index in [1.807, 2.05) is 0 Å². The van der Waals surface area contributed by atoms with Crippen LogP contribution >= 0.6 is 0 Å². The zero-order valence-electron chi connectivity index (χ0n) is 32.9. The first-order chi connectivity index (χ1) is 27.8. The Hall–Kier alpha value is -3.88. The van der Waals surface area contributed by atoms with Crippen LogP contribution in [0.2, 0.25) is 0 Å². The normalized spacial score (nSPS) is 13.4. The number of benzene rings is 6. The molecule has 1 aliphatic rings. The van der Waals surface area contributed by atoms with Crippen LogP contribution in [0.3, 0.4) is 0 Å². The van der Waals surface area contributed by atoms with Gasteiger partial charge in [0.2, 0.25) is 11.7 Å². The first-order valence-corrected chi connectivity index (χ1v) is 21.0. The van der Waals surface area contributed by atoms with Gasteiger partial charge >= 0.3 is 88.7 Å². The molecule has 1 aliphatic carbocycles. The Balaban J connectivity index is 0.00000282. The Bertz CT molecular complexity index is 3260. The maximum absolute atomic E-state index is 12.9. The molecule has 2 N–H and O–H groups in total. The fourth-order valence-corrected chi connectivity index (χ4v) is 7.47. The second-order valence-corrected chi connectivity index (χ2v) is 16.8. The third-order valence-electron chi connectivity index (χ3n) is 8.71. The van der Waals surface area contributed by atoms with Crippen molar-refractivity contribution in [2.45, 2.75) is 21.6 Å². The Morgan fingerprint density at radius 1 is 0.548 bits per heavy atom. The van der Waals surface area contributed by atoms with Gasteiger partial charge in [0.05, 0.1) is 43.1 Å². The molecule has 1 amide bonds. The zero-order valence-corrected chi connectivity index (χ0v) is 41.4. The van der Waals surface area contributed by atoms with Crippen LogP contribution < -0.4 is 99.4 Å². The van der Waals surface area contributed by atoms with Crippen molar-refractivity contribution in [2.75, 3.05) is 10.7 Å². The minimum absolute atomic E-state index is 0. The van der Waals surface area contributed by atoms with Crippen LogP contribution in [0.4, 0.5) is 34.1 Å². The van der Waals surface area contributed by atoms with E-state index in [2.05, 4.69) is 36.3 Å². The number of hydrogen-bond donors (Lipinski definition) is 2. The van der Waals surface area contributed by atoms with Crippen molar-refractivity contribution < 1.29 is 137 Å². The Labute approximate surface area is 420 Å². The van der Waals surface area contributed by atoms with Gasteiger partial charge in [-0.3, -0.25) is 15.0 Å². The van der Waals surface area contributed by atoms with Gasteiger partial charge in [-0.1, -0.05) is 24.3 Å². The van der Waals surface area contributed by atoms with Gasteiger partial charge < -0.3 is 19.0 Å². The quantitative estimate of drug-likeness (QED) is 0.0648. The van der Waals surface area contributed by atoms with Crippen molar-refractivity contribution in [2.24, 2.45) is 25.6 Å². The number of carbonyl (C=O) groups excluding carboxylic acids is 2. The average molecular weight is 920 g/mol. The molecule has 6 aromatic rings. The minimum Gasteiger partial charge on any atom is -0.744 e. The summed E-state index contributed by atoms with van der Waals surface area (Å²) in [4.78, 5) is 22.5. The van der Waals surface area contributed by atoms with Crippen molar-refractivity contribution in [3.05, 3.63) is 120 Å². The number of hydrogen-bond acceptors (Lipinski definition) is 17. The van der Waals surface area contributed by atoms with Gasteiger partial charge in [0.1, 0.15) is 36.1 Å². The second kappa shape index (κ2) is 20.3. The third-order valence-corrected chi connectivity index (χ3v) is 11.2. The molecule has 0 bridgehead atoms. The van der Waals surface area contributed by atoms with Crippen LogP contribution in [0.1, 0.15) is 18.1 Å². The maximum Gasteiger partial charge on any atom is 1.00 e. The molecule has 0 spiro atoms. The molecule has 0 radical (unpaired) electrons. The van der Waals surface area contributed by atoms with E-state index in [0.717, 1.165) is 42.5 Å². The largest absolute Gasteiger partial charge is 1.00 e. The SMILES string of the molecule is CC(=O)Nc1ccc(N=Nc2ccc(N=Nc3ccc(NN=C4C(=O)C=Cc5cc(S(=O)(=O)[O-])ccc54)c4cc(S(=O)(=O)[O-])ccc34)c3cc(S(=O)(=O)[O-])ccc23)cc1.[Na+].[Na+].[Na+]. The van der Waals surface area contributed by atoms with E-state index >= 15 is 0 Å². The number of hydrazone groups is 1. The molecule has 0 unspecified atom stereocenters. The molecule has 18 nitrogen and oxygen atoms in total. The Morgan fingerprint density at radius 2 is 1.03 bits per heavy atom. The fraction of sp³-hybridized carbons (Fsp3) is 0.0263. The Kier molecular flexibility index (Phi) is 16.6. The molecule has 7 rings (SSSR count). The number of rotatable bonds is 10. The summed E-state index contributed by atoms with van der Waals surface area (Å²) >= 11 is 0. The first-order valence-electron chi connectivity index (χ1n) is 16.8. The van der Waals surface area contributed by atoms with Gasteiger partial charge in [-0.25, -0.2) is 25.3 Å². The standard InChI is InChI=1S/C38H27N7O11S3.3Na/c1-21(46)39-23-3-5-24(6-4-23)40-41-33-13-15-35(31-19-26(58(51,52)53)8-11-29(31)33)43-42-34-14-16-36(32-20-27(59(54,55)56)9-12-30(32)34)44-45-38-28-10-7-25(57(48,49)50)18-22(28)2-17-37(38)47;;;/h2-20,44H,1H3,(H,39,46)(H,48,49,50)(H,51,52,53)(H,54,55,56);;;/q;3*+1/p-3. The van der Waals surface area contributed by atoms with Gasteiger partial charge in [-0.15, -0.1) is 15.3 Å². The third kappa shape index (κ3) is 11.6. The van der Waals surface area contributed by atoms with Crippen molar-refractivity contribution in [1.29, 1.82) is 0 Å². The molecule has 0 aliphatic heterocycles. The van der Waals surface area contributed by atoms with Crippen molar-refractivity contribution >= 4 is 110 Å². The molecular weight excluding hydrogens is 896 g/mol. The predicted molar refractivity (Wildman–Crippen MR) is 212 cm³/mol. The van der Waals surface area contributed by atoms with Crippen molar-refractivity contribution in [3.63, 3.8) is 0 Å². The Morgan fingerprint density at radius 3 is 1.60 bits per heavy atom. The minimum atomic E-state index is -4.96. The summed E-state index contributed by atoms with van der Waals surface area (Å²) in [7, 11) is -14.7. The van der Waals surface area contributed by atoms with Gasteiger partial charge in [-0.05, 0) is 96.6 Å². The van der Waals surface area contributed by atoms with Crippen LogP contribution in [0.15, 0.2) is 149 Å². The monoisotopic (exact) mass is 919 g/mol. The molecule has 0 aromatic heterocycles. The molecule has 6 aromatic carbocycles. The van der Waals surface area contributed by atoms with Crippen LogP contribution in [-0.4, -0.2) is 56.3 Å². The smallest absolute Gasteiger partial charge is 0.744 e. The van der Waals surface area contributed by atoms with E-state index < -0.39 is 50.8 Å². The van der Waals surface area contributed by atoms with E-state index in [4.69, 9.17) is 0 Å². The molecule has 0 heterocycles. The summed E-state index contributed by atoms with van der Waals surface area (Å²) in [5.41, 5.74) is 4.54. The van der Waals surface area contributed by atoms with Crippen LogP contribution in [0.25, 0.3) is 27.6 Å². The van der Waals surface area contributed by atoms with Gasteiger partial charge in [0.15, 0.2) is 0 Å². The first kappa shape index (κ1) is 50.8. The van der Waals surface area contributed by atoms with E-state index in [-0.39, 0.29) is 150 Å². The number of nitrogens with one attached hydrogen (secondary N) is 2. The molecule has 24 heteroatoms. The van der Waals surface area contributed by atoms with Gasteiger partial charge in [0, 0.05) is 39.7 Å². The summed E-state index contributed by atoms with van der Waals surface area (Å²) in [6, 6.07) is 22.7. The van der Waals surface area contributed by atoms with Crippen LogP contribution in [-0.2, 0) is 39.9 Å². The van der Waals surface area contributed by atoms with Crippen LogP contribution in [0, 0.1) is 0 Å². The molecular formula is C38H24N7Na3O11S3. The molecule has 0 fully saturated rings. The van der Waals surface area contributed by atoms with Gasteiger partial charge in [-0.2, -0.15) is 10.2 Å². The van der Waals surface area contributed by atoms with Crippen molar-refractivity contribution in [3.8, 4) is 0 Å². The predicted octanol–water partition coefficient (Wildman–Crippen LogP) is -2.08. The number of carbonyl (C=O) groups is 2. The van der Waals surface area contributed by atoms with E-state index in [1.165, 1.54) is 55.5 Å². The number of amides is 1. The molecule has 0 saturated heterocycles. The maximum atomic E-state index is 12.9. The number of nitrogens with zero attached hydrogens (tertiary/aromatic N) is 5. The summed E-state index contributed by atoms with van der Waals surface area (Å²) in [5, 5.41) is 24.9.